The summed E-state index contributed by atoms with van der Waals surface area (Å²) in [7, 11) is 0. The van der Waals surface area contributed by atoms with E-state index in [9.17, 15) is 19.2 Å². The molecule has 0 bridgehead atoms. The molecule has 0 aromatic rings. The number of hydrogen-bond acceptors (Lipinski definition) is 8. The Hall–Kier alpha value is -2.76. The van der Waals surface area contributed by atoms with E-state index >= 15 is 0 Å². The number of carbonyl (C=O) groups excluding carboxylic acids is 4. The molecule has 7 N–H and O–H groups in total. The number of ether oxygens (including phenoxy) is 3. The summed E-state index contributed by atoms with van der Waals surface area (Å²) >= 11 is 0. The third-order valence-corrected chi connectivity index (χ3v) is 5.27. The predicted octanol–water partition coefficient (Wildman–Crippen LogP) is 3.31. The van der Waals surface area contributed by atoms with Gasteiger partial charge in [-0.25, -0.2) is 14.4 Å². The fraction of sp³-hybridized carbons (Fsp3) is 0.846. The number of primary amides is 1. The van der Waals surface area contributed by atoms with Gasteiger partial charge in [0.05, 0.1) is 6.42 Å². The second-order valence-electron chi connectivity index (χ2n) is 12.5. The fourth-order valence-corrected chi connectivity index (χ4v) is 3.23. The minimum Gasteiger partial charge on any atom is -0.446 e. The molecule has 12 heteroatoms. The van der Waals surface area contributed by atoms with E-state index in [1.165, 1.54) is 0 Å². The van der Waals surface area contributed by atoms with E-state index in [1.54, 1.807) is 41.5 Å². The van der Waals surface area contributed by atoms with Crippen LogP contribution in [0, 0.1) is 5.41 Å². The number of amides is 4. The van der Waals surface area contributed by atoms with Crippen LogP contribution in [0.1, 0.15) is 94.4 Å². The largest absolute Gasteiger partial charge is 0.446 e. The van der Waals surface area contributed by atoms with Gasteiger partial charge in [0.1, 0.15) is 17.3 Å². The molecule has 0 aliphatic heterocycles. The van der Waals surface area contributed by atoms with Crippen LogP contribution >= 0.6 is 0 Å². The van der Waals surface area contributed by atoms with Gasteiger partial charge in [0.15, 0.2) is 0 Å². The molecule has 0 saturated heterocycles. The minimum absolute atomic E-state index is 0.0981. The van der Waals surface area contributed by atoms with E-state index < -0.39 is 41.6 Å². The van der Waals surface area contributed by atoms with Crippen LogP contribution in [0.15, 0.2) is 0 Å². The van der Waals surface area contributed by atoms with Crippen molar-refractivity contribution < 1.29 is 33.4 Å². The highest BCUT2D eigenvalue weighted by Crippen LogP contribution is 2.22. The number of alkyl carbamates (subject to hydrolysis) is 2. The summed E-state index contributed by atoms with van der Waals surface area (Å²) in [5, 5.41) is 8.19. The van der Waals surface area contributed by atoms with Crippen molar-refractivity contribution in [3.63, 3.8) is 0 Å². The van der Waals surface area contributed by atoms with E-state index in [-0.39, 0.29) is 30.3 Å². The van der Waals surface area contributed by atoms with Crippen molar-refractivity contribution in [3.05, 3.63) is 0 Å². The first-order valence-corrected chi connectivity index (χ1v) is 13.1. The van der Waals surface area contributed by atoms with Crippen LogP contribution in [-0.2, 0) is 19.0 Å². The van der Waals surface area contributed by atoms with Crippen LogP contribution in [0.4, 0.5) is 14.4 Å². The molecule has 0 aromatic carbocycles. The van der Waals surface area contributed by atoms with E-state index in [0.29, 0.717) is 32.2 Å². The van der Waals surface area contributed by atoms with Crippen molar-refractivity contribution in [2.24, 2.45) is 16.9 Å². The summed E-state index contributed by atoms with van der Waals surface area (Å²) in [6.07, 6.45) is -1.07. The summed E-state index contributed by atoms with van der Waals surface area (Å²) in [5.41, 5.74) is 9.95. The van der Waals surface area contributed by atoms with E-state index in [1.807, 2.05) is 20.8 Å². The molecule has 0 saturated carbocycles. The third-order valence-electron chi connectivity index (χ3n) is 5.27. The van der Waals surface area contributed by atoms with E-state index in [4.69, 9.17) is 25.7 Å². The predicted molar refractivity (Wildman–Crippen MR) is 145 cm³/mol. The third kappa shape index (κ3) is 19.4. The Balaban J connectivity index is 5.00. The Morgan fingerprint density at radius 2 is 1.34 bits per heavy atom. The molecule has 0 heterocycles. The summed E-state index contributed by atoms with van der Waals surface area (Å²) in [6.45, 7) is 17.0. The van der Waals surface area contributed by atoms with Crippen molar-refractivity contribution in [2.45, 2.75) is 124 Å². The summed E-state index contributed by atoms with van der Waals surface area (Å²) in [6, 6.07) is -0.625. The first kappa shape index (κ1) is 35.2. The average molecular weight is 546 g/mol. The maximum absolute atomic E-state index is 12.7. The highest BCUT2D eigenvalue weighted by Gasteiger charge is 2.25. The van der Waals surface area contributed by atoms with Gasteiger partial charge in [-0.05, 0) is 72.6 Å². The molecule has 12 nitrogen and oxygen atoms in total. The Kier molecular flexibility index (Phi) is 14.5. The van der Waals surface area contributed by atoms with Crippen LogP contribution in [0.25, 0.3) is 0 Å². The molecule has 222 valence electrons. The summed E-state index contributed by atoms with van der Waals surface area (Å²) in [4.78, 5) is 48.2. The monoisotopic (exact) mass is 545 g/mol. The first-order valence-electron chi connectivity index (χ1n) is 13.1. The molecule has 1 unspecified atom stereocenters. The van der Waals surface area contributed by atoms with Crippen molar-refractivity contribution in [1.82, 2.24) is 16.0 Å². The molecule has 0 aromatic heterocycles. The minimum atomic E-state index is -0.964. The molecule has 0 spiro atoms. The zero-order chi connectivity index (χ0) is 29.7. The lowest BCUT2D eigenvalue weighted by atomic mass is 9.84. The lowest BCUT2D eigenvalue weighted by molar-refractivity contribution is -0.123. The number of nitrogens with one attached hydrogen (secondary N) is 3. The average Bonchev–Trinajstić information content (AvgIpc) is 2.69. The quantitative estimate of drug-likeness (QED) is 0.172. The van der Waals surface area contributed by atoms with Gasteiger partial charge in [0, 0.05) is 25.2 Å². The van der Waals surface area contributed by atoms with E-state index in [0.717, 1.165) is 0 Å². The van der Waals surface area contributed by atoms with Gasteiger partial charge in [-0.1, -0.05) is 20.8 Å². The second kappa shape index (κ2) is 15.6. The van der Waals surface area contributed by atoms with Gasteiger partial charge in [-0.3, -0.25) is 4.79 Å². The smallest absolute Gasteiger partial charge is 0.407 e. The fourth-order valence-electron chi connectivity index (χ4n) is 3.23. The molecule has 0 radical (unpaired) electrons. The van der Waals surface area contributed by atoms with Gasteiger partial charge in [0.25, 0.3) is 0 Å². The number of rotatable bonds is 13. The molecule has 0 fully saturated rings. The summed E-state index contributed by atoms with van der Waals surface area (Å²) in [5.74, 6) is -0.372. The van der Waals surface area contributed by atoms with Crippen molar-refractivity contribution in [3.8, 4) is 0 Å². The highest BCUT2D eigenvalue weighted by atomic mass is 16.6. The second-order valence-corrected chi connectivity index (χ2v) is 12.5. The van der Waals surface area contributed by atoms with Gasteiger partial charge >= 0.3 is 18.3 Å². The zero-order valence-electron chi connectivity index (χ0n) is 24.7. The molecule has 0 aliphatic rings. The zero-order valence-corrected chi connectivity index (χ0v) is 24.7. The Bertz CT molecular complexity index is 769. The molecule has 4 amide bonds. The van der Waals surface area contributed by atoms with Crippen LogP contribution in [-0.4, -0.2) is 66.7 Å². The topological polar surface area (TPSA) is 184 Å². The number of hydrogen-bond donors (Lipinski definition) is 5. The summed E-state index contributed by atoms with van der Waals surface area (Å²) < 4.78 is 15.7. The van der Waals surface area contributed by atoms with Crippen LogP contribution in [0.2, 0.25) is 0 Å². The standard InChI is InChI=1S/C26H51N5O7/c1-24(2,3)19(27)13-12-18(36-21(28)33)15-20(32)30-16-17(31-23(35)38-26(7,8)9)11-10-14-29-22(34)37-25(4,5)6/h17-19H,10-16,27H2,1-9H3,(H2,28,33)(H,29,34)(H,30,32)(H,31,35)/t17-,18-,19?/m0/s1. The lowest BCUT2D eigenvalue weighted by Gasteiger charge is -2.28. The molecular weight excluding hydrogens is 494 g/mol. The Morgan fingerprint density at radius 3 is 1.84 bits per heavy atom. The first-order chi connectivity index (χ1) is 17.2. The lowest BCUT2D eigenvalue weighted by Crippen LogP contribution is -2.46. The normalized spacial score (nSPS) is 14.5. The van der Waals surface area contributed by atoms with Crippen molar-refractivity contribution in [2.75, 3.05) is 13.1 Å². The Morgan fingerprint density at radius 1 is 0.789 bits per heavy atom. The molecular formula is C26H51N5O7. The number of nitrogens with two attached hydrogens (primary N) is 2. The van der Waals surface area contributed by atoms with Crippen molar-refractivity contribution in [1.29, 1.82) is 0 Å². The van der Waals surface area contributed by atoms with Crippen LogP contribution in [0.3, 0.4) is 0 Å². The van der Waals surface area contributed by atoms with Gasteiger partial charge in [-0.15, -0.1) is 0 Å². The molecule has 0 aliphatic carbocycles. The van der Waals surface area contributed by atoms with Crippen molar-refractivity contribution >= 4 is 24.2 Å². The molecule has 3 atom stereocenters. The van der Waals surface area contributed by atoms with Gasteiger partial charge in [-0.2, -0.15) is 0 Å². The van der Waals surface area contributed by atoms with Crippen LogP contribution in [0.5, 0.6) is 0 Å². The Labute approximate surface area is 227 Å². The maximum atomic E-state index is 12.7. The SMILES string of the molecule is CC(C)(C)OC(=O)NCCC[C@@H](CNC(=O)C[C@H](CCC(N)C(C)(C)C)OC(N)=O)NC(=O)OC(C)(C)C. The van der Waals surface area contributed by atoms with Gasteiger partial charge in [0.2, 0.25) is 5.91 Å². The van der Waals surface area contributed by atoms with Gasteiger partial charge < -0.3 is 41.6 Å². The number of carbonyl (C=O) groups is 4. The molecule has 0 rings (SSSR count). The maximum Gasteiger partial charge on any atom is 0.407 e. The molecule has 38 heavy (non-hydrogen) atoms. The van der Waals surface area contributed by atoms with Crippen LogP contribution < -0.4 is 27.4 Å². The highest BCUT2D eigenvalue weighted by molar-refractivity contribution is 5.77. The van der Waals surface area contributed by atoms with E-state index in [2.05, 4.69) is 16.0 Å².